The Bertz CT molecular complexity index is 1280. The smallest absolute Gasteiger partial charge is 0.414 e. The van der Waals surface area contributed by atoms with Crippen LogP contribution in [0.3, 0.4) is 0 Å². The number of piperidine rings is 1. The fraction of sp³-hybridized carbons (Fsp3) is 0.333. The number of carboxylic acids is 2. The van der Waals surface area contributed by atoms with Crippen molar-refractivity contribution in [2.75, 3.05) is 26.7 Å². The summed E-state index contributed by atoms with van der Waals surface area (Å²) in [6.45, 7) is 3.07. The summed E-state index contributed by atoms with van der Waals surface area (Å²) in [7, 11) is 1.49. The average Bonchev–Trinajstić information content (AvgIpc) is 3.31. The number of likely N-dealkylation sites (N-methyl/N-ethyl adjacent to an activating group) is 1. The van der Waals surface area contributed by atoms with Crippen LogP contribution in [0.2, 0.25) is 0 Å². The van der Waals surface area contributed by atoms with Crippen LogP contribution in [0.4, 0.5) is 4.39 Å². The van der Waals surface area contributed by atoms with Crippen molar-refractivity contribution in [3.8, 4) is 6.19 Å². The van der Waals surface area contributed by atoms with E-state index in [9.17, 15) is 9.18 Å². The maximum Gasteiger partial charge on any atom is 0.414 e. The molecule has 0 aliphatic carbocycles. The van der Waals surface area contributed by atoms with Crippen molar-refractivity contribution < 1.29 is 29.0 Å². The first-order valence-corrected chi connectivity index (χ1v) is 11.9. The Kier molecular flexibility index (Phi) is 9.35. The largest absolute Gasteiger partial charge is 0.473 e. The minimum Gasteiger partial charge on any atom is -0.473 e. The maximum atomic E-state index is 13.1. The van der Waals surface area contributed by atoms with Gasteiger partial charge < -0.3 is 19.7 Å². The summed E-state index contributed by atoms with van der Waals surface area (Å²) in [5.41, 5.74) is 3.25. The number of fused-ring (bicyclic) bond motifs is 1. The number of hydrogen-bond acceptors (Lipinski definition) is 5. The van der Waals surface area contributed by atoms with Crippen molar-refractivity contribution >= 4 is 28.7 Å². The van der Waals surface area contributed by atoms with E-state index in [0.29, 0.717) is 6.04 Å². The van der Waals surface area contributed by atoms with E-state index in [1.54, 1.807) is 0 Å². The number of nitriles is 1. The lowest BCUT2D eigenvalue weighted by molar-refractivity contribution is -0.159. The summed E-state index contributed by atoms with van der Waals surface area (Å²) >= 11 is 0. The molecular formula is C27H29FN4O5. The predicted molar refractivity (Wildman–Crippen MR) is 134 cm³/mol. The van der Waals surface area contributed by atoms with Crippen LogP contribution in [-0.4, -0.2) is 69.1 Å². The number of carbonyl (C=O) groups is 3. The Morgan fingerprint density at radius 2 is 1.65 bits per heavy atom. The molecule has 0 bridgehead atoms. The summed E-state index contributed by atoms with van der Waals surface area (Å²) in [6, 6.07) is 15.5. The second kappa shape index (κ2) is 12.6. The number of aromatic nitrogens is 1. The molecule has 1 aliphatic heterocycles. The van der Waals surface area contributed by atoms with Crippen LogP contribution in [0.1, 0.15) is 30.0 Å². The molecule has 37 heavy (non-hydrogen) atoms. The first kappa shape index (κ1) is 27.4. The molecule has 0 atom stereocenters. The molecule has 0 unspecified atom stereocenters. The molecule has 1 fully saturated rings. The lowest BCUT2D eigenvalue weighted by Gasteiger charge is -2.33. The van der Waals surface area contributed by atoms with Gasteiger partial charge in [0.2, 0.25) is 5.91 Å². The van der Waals surface area contributed by atoms with E-state index in [2.05, 4.69) is 33.9 Å². The van der Waals surface area contributed by atoms with E-state index in [-0.39, 0.29) is 18.1 Å². The molecule has 194 valence electrons. The van der Waals surface area contributed by atoms with Gasteiger partial charge in [0.25, 0.3) is 0 Å². The van der Waals surface area contributed by atoms with Crippen molar-refractivity contribution in [3.63, 3.8) is 0 Å². The molecule has 0 radical (unpaired) electrons. The highest BCUT2D eigenvalue weighted by atomic mass is 19.1. The minimum atomic E-state index is -1.82. The fourth-order valence-corrected chi connectivity index (χ4v) is 4.33. The van der Waals surface area contributed by atoms with Crippen LogP contribution < -0.4 is 0 Å². The SMILES string of the molecule is CN(C#N)C(=O)Cc1ccc2ccn(C3CCN(CCc4ccc(F)cc4)CC3)c2c1.O=C(O)C(=O)O. The van der Waals surface area contributed by atoms with Gasteiger partial charge in [-0.2, -0.15) is 5.26 Å². The van der Waals surface area contributed by atoms with Crippen LogP contribution in [0.5, 0.6) is 0 Å². The molecule has 0 spiro atoms. The molecule has 2 heterocycles. The number of likely N-dealkylation sites (tertiary alicyclic amines) is 1. The zero-order valence-corrected chi connectivity index (χ0v) is 20.5. The summed E-state index contributed by atoms with van der Waals surface area (Å²) < 4.78 is 15.4. The van der Waals surface area contributed by atoms with Crippen LogP contribution >= 0.6 is 0 Å². The van der Waals surface area contributed by atoms with Crippen LogP contribution in [0, 0.1) is 17.3 Å². The van der Waals surface area contributed by atoms with Crippen molar-refractivity contribution in [1.29, 1.82) is 5.26 Å². The molecule has 0 saturated carbocycles. The van der Waals surface area contributed by atoms with Crippen LogP contribution in [-0.2, 0) is 27.2 Å². The van der Waals surface area contributed by atoms with Crippen molar-refractivity contribution in [2.24, 2.45) is 0 Å². The van der Waals surface area contributed by atoms with Gasteiger partial charge in [-0.25, -0.2) is 14.0 Å². The second-order valence-electron chi connectivity index (χ2n) is 8.91. The Balaban J connectivity index is 0.000000568. The van der Waals surface area contributed by atoms with Gasteiger partial charge in [-0.3, -0.25) is 9.69 Å². The molecule has 1 aromatic heterocycles. The average molecular weight is 509 g/mol. The number of halogens is 1. The van der Waals surface area contributed by atoms with E-state index >= 15 is 0 Å². The Morgan fingerprint density at radius 3 is 2.24 bits per heavy atom. The Hall–Kier alpha value is -4.23. The Labute approximate surface area is 213 Å². The van der Waals surface area contributed by atoms with E-state index < -0.39 is 11.9 Å². The minimum absolute atomic E-state index is 0.187. The van der Waals surface area contributed by atoms with Gasteiger partial charge >= 0.3 is 11.9 Å². The summed E-state index contributed by atoms with van der Waals surface area (Å²) in [5, 5.41) is 24.9. The van der Waals surface area contributed by atoms with Gasteiger partial charge in [-0.15, -0.1) is 0 Å². The fourth-order valence-electron chi connectivity index (χ4n) is 4.33. The van der Waals surface area contributed by atoms with E-state index in [1.807, 2.05) is 24.4 Å². The number of hydrogen-bond donors (Lipinski definition) is 2. The molecule has 1 aliphatic rings. The standard InChI is InChI=1S/C25H27FN4O.C2H2O4/c1-28(18-27)25(31)17-20-2-5-21-9-15-30(24(21)16-20)23-10-13-29(14-11-23)12-8-19-3-6-22(26)7-4-19;3-1(4)2(5)6/h2-7,9,15-16,23H,8,10-14,17H2,1H3;(H,3,4)(H,5,6). The van der Waals surface area contributed by atoms with Gasteiger partial charge in [-0.1, -0.05) is 24.3 Å². The van der Waals surface area contributed by atoms with Gasteiger partial charge in [0.1, 0.15) is 5.82 Å². The zero-order valence-electron chi connectivity index (χ0n) is 20.5. The number of amides is 1. The van der Waals surface area contributed by atoms with E-state index in [0.717, 1.165) is 54.9 Å². The zero-order chi connectivity index (χ0) is 26.9. The maximum absolute atomic E-state index is 13.1. The van der Waals surface area contributed by atoms with E-state index in [1.165, 1.54) is 30.1 Å². The number of benzene rings is 2. The lowest BCUT2D eigenvalue weighted by atomic mass is 10.0. The van der Waals surface area contributed by atoms with Crippen molar-refractivity contribution in [1.82, 2.24) is 14.4 Å². The van der Waals surface area contributed by atoms with Gasteiger partial charge in [0, 0.05) is 44.4 Å². The molecule has 2 aromatic carbocycles. The predicted octanol–water partition coefficient (Wildman–Crippen LogP) is 3.30. The van der Waals surface area contributed by atoms with Crippen LogP contribution in [0.25, 0.3) is 10.9 Å². The summed E-state index contributed by atoms with van der Waals surface area (Å²) in [4.78, 5) is 33.8. The first-order valence-electron chi connectivity index (χ1n) is 11.9. The Morgan fingerprint density at radius 1 is 1.03 bits per heavy atom. The molecule has 1 saturated heterocycles. The summed E-state index contributed by atoms with van der Waals surface area (Å²) in [6.07, 6.45) is 7.33. The monoisotopic (exact) mass is 508 g/mol. The topological polar surface area (TPSA) is 127 Å². The quantitative estimate of drug-likeness (QED) is 0.297. The van der Waals surface area contributed by atoms with Crippen LogP contribution in [0.15, 0.2) is 54.7 Å². The first-order chi connectivity index (χ1) is 17.7. The third kappa shape index (κ3) is 7.62. The molecule has 3 aromatic rings. The highest BCUT2D eigenvalue weighted by Crippen LogP contribution is 2.28. The number of carbonyl (C=O) groups excluding carboxylic acids is 1. The van der Waals surface area contributed by atoms with E-state index in [4.69, 9.17) is 25.1 Å². The van der Waals surface area contributed by atoms with Crippen molar-refractivity contribution in [2.45, 2.75) is 31.7 Å². The number of rotatable bonds is 6. The normalized spacial score (nSPS) is 13.9. The number of aliphatic carboxylic acids is 2. The van der Waals surface area contributed by atoms with Crippen molar-refractivity contribution in [3.05, 3.63) is 71.7 Å². The molecule has 4 rings (SSSR count). The second-order valence-corrected chi connectivity index (χ2v) is 8.91. The molecule has 2 N–H and O–H groups in total. The van der Waals surface area contributed by atoms with Gasteiger partial charge in [0.15, 0.2) is 6.19 Å². The highest BCUT2D eigenvalue weighted by molar-refractivity contribution is 6.27. The number of carboxylic acid groups (broad SMARTS) is 2. The molecule has 10 heteroatoms. The molecule has 1 amide bonds. The third-order valence-corrected chi connectivity index (χ3v) is 6.43. The van der Waals surface area contributed by atoms with Gasteiger partial charge in [0.05, 0.1) is 6.42 Å². The number of nitrogens with zero attached hydrogens (tertiary/aromatic N) is 4. The molecule has 9 nitrogen and oxygen atoms in total. The lowest BCUT2D eigenvalue weighted by Crippen LogP contribution is -2.35. The molecular weight excluding hydrogens is 479 g/mol. The third-order valence-electron chi connectivity index (χ3n) is 6.43. The highest BCUT2D eigenvalue weighted by Gasteiger charge is 2.21. The summed E-state index contributed by atoms with van der Waals surface area (Å²) in [5.74, 6) is -4.03. The van der Waals surface area contributed by atoms with Gasteiger partial charge in [-0.05, 0) is 60.0 Å².